The van der Waals surface area contributed by atoms with Crippen molar-refractivity contribution in [3.05, 3.63) is 30.4 Å². The van der Waals surface area contributed by atoms with Crippen LogP contribution in [0, 0.1) is 0 Å². The van der Waals surface area contributed by atoms with E-state index in [0.717, 1.165) is 25.9 Å². The summed E-state index contributed by atoms with van der Waals surface area (Å²) >= 11 is 0. The summed E-state index contributed by atoms with van der Waals surface area (Å²) in [7, 11) is 0. The first-order valence-corrected chi connectivity index (χ1v) is 7.54. The van der Waals surface area contributed by atoms with Gasteiger partial charge in [-0.3, -0.25) is 4.79 Å². The molecule has 0 unspecified atom stereocenters. The Kier molecular flexibility index (Phi) is 3.21. The van der Waals surface area contributed by atoms with Gasteiger partial charge in [0.05, 0.1) is 12.2 Å². The van der Waals surface area contributed by atoms with E-state index in [1.54, 1.807) is 28.0 Å². The fourth-order valence-electron chi connectivity index (χ4n) is 2.90. The highest BCUT2D eigenvalue weighted by Crippen LogP contribution is 2.22. The molecule has 8 heteroatoms. The molecule has 8 nitrogen and oxygen atoms in total. The average molecular weight is 299 g/mol. The molecular weight excluding hydrogens is 282 g/mol. The third-order valence-corrected chi connectivity index (χ3v) is 4.22. The molecule has 4 heterocycles. The normalized spacial score (nSPS) is 18.5. The molecule has 0 aromatic carbocycles. The van der Waals surface area contributed by atoms with E-state index < -0.39 is 0 Å². The highest BCUT2D eigenvalue weighted by molar-refractivity contribution is 5.93. The fourth-order valence-corrected chi connectivity index (χ4v) is 2.90. The second kappa shape index (κ2) is 5.36. The maximum Gasteiger partial charge on any atom is 0.272 e. The number of amides is 1. The first-order valence-electron chi connectivity index (χ1n) is 7.54. The smallest absolute Gasteiger partial charge is 0.272 e. The quantitative estimate of drug-likeness (QED) is 0.814. The lowest BCUT2D eigenvalue weighted by molar-refractivity contribution is 0.0492. The van der Waals surface area contributed by atoms with Gasteiger partial charge in [0, 0.05) is 38.6 Å². The van der Waals surface area contributed by atoms with Crippen molar-refractivity contribution in [1.29, 1.82) is 0 Å². The van der Waals surface area contributed by atoms with E-state index in [9.17, 15) is 4.79 Å². The van der Waals surface area contributed by atoms with E-state index in [2.05, 4.69) is 25.2 Å². The van der Waals surface area contributed by atoms with Gasteiger partial charge in [0.25, 0.3) is 5.91 Å². The molecule has 2 aromatic rings. The number of rotatable bonds is 3. The van der Waals surface area contributed by atoms with Gasteiger partial charge in [-0.15, -0.1) is 5.10 Å². The number of aromatic nitrogens is 5. The first-order chi connectivity index (χ1) is 10.8. The van der Waals surface area contributed by atoms with Crippen molar-refractivity contribution in [1.82, 2.24) is 29.9 Å². The van der Waals surface area contributed by atoms with Crippen molar-refractivity contribution < 1.29 is 4.79 Å². The molecule has 0 atom stereocenters. The van der Waals surface area contributed by atoms with Gasteiger partial charge in [-0.2, -0.15) is 0 Å². The molecular formula is C14H17N7O. The van der Waals surface area contributed by atoms with Gasteiger partial charge in [-0.05, 0) is 18.9 Å². The van der Waals surface area contributed by atoms with Crippen LogP contribution in [0.1, 0.15) is 29.4 Å². The molecule has 4 rings (SSSR count). The maximum atomic E-state index is 12.5. The molecule has 2 saturated heterocycles. The lowest BCUT2D eigenvalue weighted by Crippen LogP contribution is -2.51. The average Bonchev–Trinajstić information content (AvgIpc) is 3.19. The third-order valence-electron chi connectivity index (χ3n) is 4.22. The number of anilines is 1. The van der Waals surface area contributed by atoms with Gasteiger partial charge in [0.15, 0.2) is 0 Å². The number of nitrogens with zero attached hydrogens (tertiary/aromatic N) is 7. The summed E-state index contributed by atoms with van der Waals surface area (Å²) in [6, 6.07) is 1.90. The molecule has 1 amide bonds. The highest BCUT2D eigenvalue weighted by Gasteiger charge is 2.33. The van der Waals surface area contributed by atoms with Crippen molar-refractivity contribution >= 4 is 11.9 Å². The largest absolute Gasteiger partial charge is 0.341 e. The van der Waals surface area contributed by atoms with Gasteiger partial charge in [0.1, 0.15) is 5.69 Å². The van der Waals surface area contributed by atoms with E-state index in [1.807, 2.05) is 6.20 Å². The van der Waals surface area contributed by atoms with Crippen LogP contribution >= 0.6 is 0 Å². The van der Waals surface area contributed by atoms with Crippen LogP contribution in [0.3, 0.4) is 0 Å². The van der Waals surface area contributed by atoms with E-state index in [4.69, 9.17) is 0 Å². The second-order valence-electron chi connectivity index (χ2n) is 5.68. The minimum Gasteiger partial charge on any atom is -0.341 e. The van der Waals surface area contributed by atoms with Gasteiger partial charge >= 0.3 is 0 Å². The van der Waals surface area contributed by atoms with Crippen molar-refractivity contribution in [2.45, 2.75) is 18.9 Å². The summed E-state index contributed by atoms with van der Waals surface area (Å²) in [5.41, 5.74) is 0.467. The highest BCUT2D eigenvalue weighted by atomic mass is 16.2. The Morgan fingerprint density at radius 3 is 2.73 bits per heavy atom. The van der Waals surface area contributed by atoms with Gasteiger partial charge < -0.3 is 9.80 Å². The molecule has 0 radical (unpaired) electrons. The van der Waals surface area contributed by atoms with Crippen LogP contribution in [-0.4, -0.2) is 61.9 Å². The number of carbonyl (C=O) groups is 1. The predicted molar refractivity (Wildman–Crippen MR) is 78.4 cm³/mol. The molecule has 2 aromatic heterocycles. The van der Waals surface area contributed by atoms with Gasteiger partial charge in [0.2, 0.25) is 5.95 Å². The summed E-state index contributed by atoms with van der Waals surface area (Å²) in [6.45, 7) is 3.22. The molecule has 2 fully saturated rings. The SMILES string of the molecule is O=C(c1ccnc(N2CCCC2)n1)N1CC(n2ccnn2)C1. The summed E-state index contributed by atoms with van der Waals surface area (Å²) in [5, 5.41) is 7.76. The van der Waals surface area contributed by atoms with Crippen molar-refractivity contribution in [2.24, 2.45) is 0 Å². The lowest BCUT2D eigenvalue weighted by atomic mass is 10.1. The van der Waals surface area contributed by atoms with Crippen LogP contribution < -0.4 is 4.90 Å². The van der Waals surface area contributed by atoms with Gasteiger partial charge in [-0.1, -0.05) is 5.21 Å². The fraction of sp³-hybridized carbons (Fsp3) is 0.500. The van der Waals surface area contributed by atoms with E-state index >= 15 is 0 Å². The molecule has 114 valence electrons. The van der Waals surface area contributed by atoms with Gasteiger partial charge in [-0.25, -0.2) is 14.6 Å². The number of hydrogen-bond acceptors (Lipinski definition) is 6. The van der Waals surface area contributed by atoms with Crippen LogP contribution in [0.4, 0.5) is 5.95 Å². The van der Waals surface area contributed by atoms with Crippen LogP contribution in [0.5, 0.6) is 0 Å². The minimum atomic E-state index is -0.0424. The molecule has 0 bridgehead atoms. The number of hydrogen-bond donors (Lipinski definition) is 0. The Labute approximate surface area is 127 Å². The Morgan fingerprint density at radius 2 is 2.00 bits per heavy atom. The molecule has 0 N–H and O–H groups in total. The zero-order valence-electron chi connectivity index (χ0n) is 12.2. The third kappa shape index (κ3) is 2.30. The number of likely N-dealkylation sites (tertiary alicyclic amines) is 1. The molecule has 22 heavy (non-hydrogen) atoms. The molecule has 2 aliphatic heterocycles. The zero-order chi connectivity index (χ0) is 14.9. The molecule has 2 aliphatic rings. The predicted octanol–water partition coefficient (Wildman–Crippen LogP) is 0.365. The Balaban J connectivity index is 1.44. The van der Waals surface area contributed by atoms with Crippen molar-refractivity contribution in [2.75, 3.05) is 31.1 Å². The van der Waals surface area contributed by atoms with Crippen molar-refractivity contribution in [3.63, 3.8) is 0 Å². The van der Waals surface area contributed by atoms with Crippen LogP contribution in [0.15, 0.2) is 24.7 Å². The summed E-state index contributed by atoms with van der Waals surface area (Å²) in [6.07, 6.45) is 7.46. The van der Waals surface area contributed by atoms with E-state index in [-0.39, 0.29) is 11.9 Å². The van der Waals surface area contributed by atoms with Crippen LogP contribution in [0.25, 0.3) is 0 Å². The van der Waals surface area contributed by atoms with Crippen LogP contribution in [0.2, 0.25) is 0 Å². The topological polar surface area (TPSA) is 80.0 Å². The molecule has 0 aliphatic carbocycles. The number of carbonyl (C=O) groups excluding carboxylic acids is 1. The Hall–Kier alpha value is -2.51. The summed E-state index contributed by atoms with van der Waals surface area (Å²) in [5.74, 6) is 0.621. The second-order valence-corrected chi connectivity index (χ2v) is 5.68. The standard InChI is InChI=1S/C14H17N7O/c22-13(20-9-11(10-20)21-8-5-16-18-21)12-3-4-15-14(17-12)19-6-1-2-7-19/h3-5,8,11H,1-2,6-7,9-10H2. The van der Waals surface area contributed by atoms with E-state index in [1.165, 1.54) is 0 Å². The lowest BCUT2D eigenvalue weighted by Gasteiger charge is -2.38. The maximum absolute atomic E-state index is 12.5. The Morgan fingerprint density at radius 1 is 1.18 bits per heavy atom. The molecule has 0 saturated carbocycles. The van der Waals surface area contributed by atoms with Crippen LogP contribution in [-0.2, 0) is 0 Å². The summed E-state index contributed by atoms with van der Waals surface area (Å²) in [4.78, 5) is 25.1. The monoisotopic (exact) mass is 299 g/mol. The van der Waals surface area contributed by atoms with E-state index in [0.29, 0.717) is 24.7 Å². The first kappa shape index (κ1) is 13.2. The zero-order valence-corrected chi connectivity index (χ0v) is 12.2. The summed E-state index contributed by atoms with van der Waals surface area (Å²) < 4.78 is 1.79. The minimum absolute atomic E-state index is 0.0424. The Bertz CT molecular complexity index is 660. The molecule has 0 spiro atoms. The van der Waals surface area contributed by atoms with Crippen molar-refractivity contribution in [3.8, 4) is 0 Å².